The summed E-state index contributed by atoms with van der Waals surface area (Å²) in [6.45, 7) is 0.224. The fourth-order valence-electron chi connectivity index (χ4n) is 1.40. The number of ether oxygens (including phenoxy) is 2. The molecule has 0 N–H and O–H groups in total. The zero-order chi connectivity index (χ0) is 10.8. The van der Waals surface area contributed by atoms with Crippen LogP contribution in [0.2, 0.25) is 0 Å². The number of benzene rings is 1. The highest BCUT2D eigenvalue weighted by molar-refractivity contribution is 6.68. The highest BCUT2D eigenvalue weighted by Crippen LogP contribution is 2.30. The van der Waals surface area contributed by atoms with Gasteiger partial charge in [0.2, 0.25) is 0 Å². The van der Waals surface area contributed by atoms with E-state index in [1.165, 1.54) is 0 Å². The Balaban J connectivity index is 2.43. The molecule has 0 aliphatic carbocycles. The molecule has 0 aromatic heterocycles. The van der Waals surface area contributed by atoms with Gasteiger partial charge in [0.05, 0.1) is 7.11 Å². The lowest BCUT2D eigenvalue weighted by Crippen LogP contribution is -2.11. The van der Waals surface area contributed by atoms with Crippen LogP contribution in [0.1, 0.15) is 5.56 Å². The molecule has 0 atom stereocenters. The zero-order valence-electron chi connectivity index (χ0n) is 8.12. The molecule has 4 heteroatoms. The Kier molecular flexibility index (Phi) is 2.64. The lowest BCUT2D eigenvalue weighted by Gasteiger charge is -2.16. The quantitative estimate of drug-likeness (QED) is 0.723. The first-order valence-electron chi connectivity index (χ1n) is 4.42. The van der Waals surface area contributed by atoms with Crippen LogP contribution in [0.25, 0.3) is 6.08 Å². The van der Waals surface area contributed by atoms with E-state index in [0.29, 0.717) is 5.57 Å². The van der Waals surface area contributed by atoms with Crippen LogP contribution in [0.3, 0.4) is 0 Å². The smallest absolute Gasteiger partial charge is 0.251 e. The molecule has 0 bridgehead atoms. The van der Waals surface area contributed by atoms with Crippen LogP contribution in [0.4, 0.5) is 0 Å². The summed E-state index contributed by atoms with van der Waals surface area (Å²) in [6, 6.07) is 5.41. The molecule has 0 saturated carbocycles. The largest absolute Gasteiger partial charge is 0.497 e. The van der Waals surface area contributed by atoms with Crippen LogP contribution in [-0.4, -0.2) is 19.0 Å². The summed E-state index contributed by atoms with van der Waals surface area (Å²) in [6.07, 6.45) is 1.72. The number of hydrogen-bond donors (Lipinski definition) is 0. The summed E-state index contributed by atoms with van der Waals surface area (Å²) >= 11 is 5.38. The van der Waals surface area contributed by atoms with Gasteiger partial charge in [0.25, 0.3) is 5.24 Å². The number of carbonyl (C=O) groups excluding carboxylic acids is 1. The molecular weight excluding hydrogens is 216 g/mol. The molecule has 78 valence electrons. The molecule has 0 saturated heterocycles. The molecule has 0 amide bonds. The lowest BCUT2D eigenvalue weighted by molar-refractivity contribution is -0.108. The number of rotatable bonds is 2. The Labute approximate surface area is 92.3 Å². The number of methoxy groups -OCH3 is 1. The van der Waals surface area contributed by atoms with Crippen molar-refractivity contribution in [3.63, 3.8) is 0 Å². The van der Waals surface area contributed by atoms with Gasteiger partial charge in [-0.25, -0.2) is 0 Å². The molecule has 1 aromatic carbocycles. The van der Waals surface area contributed by atoms with Gasteiger partial charge in [-0.2, -0.15) is 0 Å². The predicted octanol–water partition coefficient (Wildman–Crippen LogP) is 2.24. The summed E-state index contributed by atoms with van der Waals surface area (Å²) in [5.74, 6) is 1.45. The fourth-order valence-corrected chi connectivity index (χ4v) is 1.51. The first kappa shape index (κ1) is 10.1. The zero-order valence-corrected chi connectivity index (χ0v) is 8.88. The van der Waals surface area contributed by atoms with Gasteiger partial charge in [-0.15, -0.1) is 0 Å². The van der Waals surface area contributed by atoms with Gasteiger partial charge in [0, 0.05) is 11.1 Å². The van der Waals surface area contributed by atoms with E-state index in [9.17, 15) is 4.79 Å². The molecule has 3 nitrogen and oxygen atoms in total. The maximum atomic E-state index is 10.9. The number of carbonyl (C=O) groups is 1. The average Bonchev–Trinajstić information content (AvgIpc) is 2.27. The second kappa shape index (κ2) is 3.95. The second-order valence-corrected chi connectivity index (χ2v) is 3.48. The second-order valence-electron chi connectivity index (χ2n) is 3.14. The van der Waals surface area contributed by atoms with Crippen LogP contribution in [-0.2, 0) is 4.79 Å². The van der Waals surface area contributed by atoms with Crippen molar-refractivity contribution in [3.8, 4) is 11.5 Å². The summed E-state index contributed by atoms with van der Waals surface area (Å²) in [5, 5.41) is -0.483. The topological polar surface area (TPSA) is 35.5 Å². The van der Waals surface area contributed by atoms with Crippen LogP contribution in [0.5, 0.6) is 11.5 Å². The minimum Gasteiger partial charge on any atom is -0.497 e. The third kappa shape index (κ3) is 1.97. The number of halogens is 1. The van der Waals surface area contributed by atoms with Gasteiger partial charge in [-0.3, -0.25) is 4.79 Å². The minimum absolute atomic E-state index is 0.224. The standard InChI is InChI=1S/C11H9ClO3/c1-14-9-2-3-10-7(5-9)4-8(6-15-10)11(12)13/h2-5H,6H2,1H3. The normalized spacial score (nSPS) is 13.6. The van der Waals surface area contributed by atoms with E-state index < -0.39 is 5.24 Å². The minimum atomic E-state index is -0.483. The Bertz CT molecular complexity index is 437. The van der Waals surface area contributed by atoms with Crippen molar-refractivity contribution in [3.05, 3.63) is 29.3 Å². The Morgan fingerprint density at radius 1 is 1.53 bits per heavy atom. The van der Waals surface area contributed by atoms with Crippen molar-refractivity contribution >= 4 is 22.9 Å². The highest BCUT2D eigenvalue weighted by atomic mass is 35.5. The van der Waals surface area contributed by atoms with Crippen LogP contribution < -0.4 is 9.47 Å². The molecule has 1 heterocycles. The molecule has 1 aliphatic heterocycles. The molecular formula is C11H9ClO3. The molecule has 0 fully saturated rings. The molecule has 0 spiro atoms. The van der Waals surface area contributed by atoms with Gasteiger partial charge in [0.1, 0.15) is 18.1 Å². The lowest BCUT2D eigenvalue weighted by atomic mass is 10.1. The summed E-state index contributed by atoms with van der Waals surface area (Å²) in [5.41, 5.74) is 1.27. The molecule has 1 aromatic rings. The maximum absolute atomic E-state index is 10.9. The SMILES string of the molecule is COc1ccc2c(c1)C=C(C(=O)Cl)CO2. The van der Waals surface area contributed by atoms with Crippen LogP contribution >= 0.6 is 11.6 Å². The van der Waals surface area contributed by atoms with E-state index in [-0.39, 0.29) is 6.61 Å². The summed E-state index contributed by atoms with van der Waals surface area (Å²) < 4.78 is 10.4. The van der Waals surface area contributed by atoms with Crippen LogP contribution in [0.15, 0.2) is 23.8 Å². The first-order chi connectivity index (χ1) is 7.20. The average molecular weight is 225 g/mol. The Hall–Kier alpha value is -1.48. The maximum Gasteiger partial charge on any atom is 0.251 e. The predicted molar refractivity (Wildman–Crippen MR) is 57.3 cm³/mol. The van der Waals surface area contributed by atoms with Gasteiger partial charge in [0.15, 0.2) is 0 Å². The van der Waals surface area contributed by atoms with Gasteiger partial charge in [-0.05, 0) is 35.9 Å². The Morgan fingerprint density at radius 3 is 3.00 bits per heavy atom. The van der Waals surface area contributed by atoms with Crippen molar-refractivity contribution in [2.45, 2.75) is 0 Å². The van der Waals surface area contributed by atoms with E-state index in [4.69, 9.17) is 21.1 Å². The first-order valence-corrected chi connectivity index (χ1v) is 4.80. The van der Waals surface area contributed by atoms with Crippen molar-refractivity contribution in [2.24, 2.45) is 0 Å². The fraction of sp³-hybridized carbons (Fsp3) is 0.182. The summed E-state index contributed by atoms with van der Waals surface area (Å²) in [4.78, 5) is 10.9. The van der Waals surface area contributed by atoms with E-state index in [1.54, 1.807) is 31.4 Å². The van der Waals surface area contributed by atoms with Gasteiger partial charge in [-0.1, -0.05) is 0 Å². The molecule has 0 unspecified atom stereocenters. The molecule has 2 rings (SSSR count). The van der Waals surface area contributed by atoms with Crippen molar-refractivity contribution < 1.29 is 14.3 Å². The van der Waals surface area contributed by atoms with Gasteiger partial charge < -0.3 is 9.47 Å². The monoisotopic (exact) mass is 224 g/mol. The van der Waals surface area contributed by atoms with E-state index in [1.807, 2.05) is 0 Å². The Morgan fingerprint density at radius 2 is 2.33 bits per heavy atom. The third-order valence-electron chi connectivity index (χ3n) is 2.18. The highest BCUT2D eigenvalue weighted by Gasteiger charge is 2.15. The van der Waals surface area contributed by atoms with E-state index in [0.717, 1.165) is 17.1 Å². The summed E-state index contributed by atoms with van der Waals surface area (Å²) in [7, 11) is 1.59. The molecule has 0 radical (unpaired) electrons. The number of fused-ring (bicyclic) bond motifs is 1. The molecule has 1 aliphatic rings. The van der Waals surface area contributed by atoms with Crippen molar-refractivity contribution in [1.82, 2.24) is 0 Å². The van der Waals surface area contributed by atoms with E-state index in [2.05, 4.69) is 0 Å². The molecule has 15 heavy (non-hydrogen) atoms. The van der Waals surface area contributed by atoms with Gasteiger partial charge >= 0.3 is 0 Å². The van der Waals surface area contributed by atoms with Crippen LogP contribution in [0, 0.1) is 0 Å². The van der Waals surface area contributed by atoms with Crippen molar-refractivity contribution in [2.75, 3.05) is 13.7 Å². The third-order valence-corrected chi connectivity index (χ3v) is 2.43. The van der Waals surface area contributed by atoms with E-state index >= 15 is 0 Å². The van der Waals surface area contributed by atoms with Crippen molar-refractivity contribution in [1.29, 1.82) is 0 Å². The number of hydrogen-bond acceptors (Lipinski definition) is 3.